The SMILES string of the molecule is c1ccc(-c2nc(-c3cccc(-c4nc5ccccc5c5c4ccc4c6ccccc6sc45)c3)cc(-c3ccccn3)n2)cc1. The predicted octanol–water partition coefficient (Wildman–Crippen LogP) is 10.6. The van der Waals surface area contributed by atoms with Gasteiger partial charge in [0.1, 0.15) is 0 Å². The van der Waals surface area contributed by atoms with Crippen LogP contribution >= 0.6 is 11.3 Å². The lowest BCUT2D eigenvalue weighted by Gasteiger charge is -2.13. The number of nitrogens with zero attached hydrogens (tertiary/aromatic N) is 4. The number of para-hydroxylation sites is 1. The van der Waals surface area contributed by atoms with Crippen LogP contribution in [-0.2, 0) is 0 Å². The minimum Gasteiger partial charge on any atom is -0.255 e. The van der Waals surface area contributed by atoms with Crippen molar-refractivity contribution in [2.75, 3.05) is 0 Å². The number of hydrogen-bond donors (Lipinski definition) is 0. The van der Waals surface area contributed by atoms with E-state index in [0.29, 0.717) is 5.82 Å². The molecule has 9 rings (SSSR count). The lowest BCUT2D eigenvalue weighted by molar-refractivity contribution is 1.16. The first-order chi connectivity index (χ1) is 22.3. The van der Waals surface area contributed by atoms with Crippen LogP contribution in [0.15, 0.2) is 146 Å². The fourth-order valence-electron chi connectivity index (χ4n) is 6.22. The summed E-state index contributed by atoms with van der Waals surface area (Å²) >= 11 is 1.86. The number of aromatic nitrogens is 4. The lowest BCUT2D eigenvalue weighted by Crippen LogP contribution is -1.97. The van der Waals surface area contributed by atoms with E-state index in [1.807, 2.05) is 65.9 Å². The van der Waals surface area contributed by atoms with Crippen molar-refractivity contribution in [3.05, 3.63) is 146 Å². The Morgan fingerprint density at radius 3 is 2.07 bits per heavy atom. The van der Waals surface area contributed by atoms with Gasteiger partial charge in [-0.15, -0.1) is 11.3 Å². The smallest absolute Gasteiger partial charge is 0.160 e. The van der Waals surface area contributed by atoms with Crippen molar-refractivity contribution in [3.8, 4) is 45.3 Å². The van der Waals surface area contributed by atoms with Crippen LogP contribution in [0.5, 0.6) is 0 Å². The van der Waals surface area contributed by atoms with Gasteiger partial charge in [-0.3, -0.25) is 4.98 Å². The summed E-state index contributed by atoms with van der Waals surface area (Å²) in [6.07, 6.45) is 1.80. The van der Waals surface area contributed by atoms with Crippen LogP contribution in [0.3, 0.4) is 0 Å². The molecule has 4 heterocycles. The predicted molar refractivity (Wildman–Crippen MR) is 187 cm³/mol. The summed E-state index contributed by atoms with van der Waals surface area (Å²) in [5.74, 6) is 0.667. The second kappa shape index (κ2) is 10.4. The van der Waals surface area contributed by atoms with Crippen LogP contribution in [0, 0.1) is 0 Å². The van der Waals surface area contributed by atoms with E-state index in [4.69, 9.17) is 15.0 Å². The summed E-state index contributed by atoms with van der Waals surface area (Å²) in [7, 11) is 0. The quantitative estimate of drug-likeness (QED) is 0.191. The van der Waals surface area contributed by atoms with Crippen molar-refractivity contribution >= 4 is 53.2 Å². The van der Waals surface area contributed by atoms with Gasteiger partial charge < -0.3 is 0 Å². The van der Waals surface area contributed by atoms with Gasteiger partial charge in [0.15, 0.2) is 5.82 Å². The molecule has 5 aromatic carbocycles. The maximum Gasteiger partial charge on any atom is 0.160 e. The lowest BCUT2D eigenvalue weighted by atomic mass is 9.96. The third-order valence-electron chi connectivity index (χ3n) is 8.32. The Kier molecular flexibility index (Phi) is 5.96. The molecular weight excluding hydrogens is 569 g/mol. The minimum atomic E-state index is 0.667. The molecule has 45 heavy (non-hydrogen) atoms. The molecule has 0 aliphatic rings. The van der Waals surface area contributed by atoms with Crippen LogP contribution in [0.4, 0.5) is 0 Å². The molecule has 0 atom stereocenters. The summed E-state index contributed by atoms with van der Waals surface area (Å²) in [6, 6.07) is 48.2. The second-order valence-corrected chi connectivity index (χ2v) is 12.1. The first-order valence-corrected chi connectivity index (χ1v) is 15.7. The molecule has 4 nitrogen and oxygen atoms in total. The van der Waals surface area contributed by atoms with Crippen molar-refractivity contribution in [2.45, 2.75) is 0 Å². The molecule has 5 heteroatoms. The summed E-state index contributed by atoms with van der Waals surface area (Å²) in [5, 5.41) is 6.16. The van der Waals surface area contributed by atoms with E-state index >= 15 is 0 Å². The third-order valence-corrected chi connectivity index (χ3v) is 9.53. The number of hydrogen-bond acceptors (Lipinski definition) is 5. The molecule has 0 fully saturated rings. The average Bonchev–Trinajstić information content (AvgIpc) is 3.51. The van der Waals surface area contributed by atoms with Gasteiger partial charge in [0.05, 0.1) is 28.3 Å². The maximum absolute atomic E-state index is 5.26. The first-order valence-electron chi connectivity index (χ1n) is 14.9. The summed E-state index contributed by atoms with van der Waals surface area (Å²) in [5.41, 5.74) is 7.38. The molecule has 0 N–H and O–H groups in total. The Morgan fingerprint density at radius 2 is 1.18 bits per heavy atom. The standard InChI is InChI=1S/C40H24N4S/c1-2-11-25(12-3-1)40-43-34(24-35(44-40)33-18-8-9-22-41-33)26-13-10-14-27(23-26)38-31-21-20-29-28-15-5-7-19-36(28)45-39(29)37(31)30-16-4-6-17-32(30)42-38/h1-24H. The highest BCUT2D eigenvalue weighted by Crippen LogP contribution is 2.43. The number of thiophene rings is 1. The monoisotopic (exact) mass is 592 g/mol. The van der Waals surface area contributed by atoms with E-state index in [1.54, 1.807) is 6.20 Å². The second-order valence-electron chi connectivity index (χ2n) is 11.1. The molecular formula is C40H24N4S. The molecule has 0 unspecified atom stereocenters. The molecule has 0 saturated heterocycles. The van der Waals surface area contributed by atoms with Gasteiger partial charge in [-0.05, 0) is 36.4 Å². The van der Waals surface area contributed by atoms with Crippen molar-refractivity contribution in [1.29, 1.82) is 0 Å². The molecule has 0 aliphatic carbocycles. The Bertz CT molecular complexity index is 2480. The summed E-state index contributed by atoms with van der Waals surface area (Å²) < 4.78 is 2.60. The fourth-order valence-corrected chi connectivity index (χ4v) is 7.48. The van der Waals surface area contributed by atoms with E-state index < -0.39 is 0 Å². The molecule has 0 spiro atoms. The van der Waals surface area contributed by atoms with Crippen molar-refractivity contribution in [3.63, 3.8) is 0 Å². The van der Waals surface area contributed by atoms with Crippen molar-refractivity contribution in [2.24, 2.45) is 0 Å². The van der Waals surface area contributed by atoms with Crippen molar-refractivity contribution in [1.82, 2.24) is 19.9 Å². The number of rotatable bonds is 4. The highest BCUT2D eigenvalue weighted by Gasteiger charge is 2.17. The minimum absolute atomic E-state index is 0.667. The normalized spacial score (nSPS) is 11.6. The summed E-state index contributed by atoms with van der Waals surface area (Å²) in [4.78, 5) is 19.8. The molecule has 0 radical (unpaired) electrons. The Balaban J connectivity index is 1.27. The van der Waals surface area contributed by atoms with Crippen molar-refractivity contribution < 1.29 is 0 Å². The van der Waals surface area contributed by atoms with E-state index in [0.717, 1.165) is 50.4 Å². The maximum atomic E-state index is 5.26. The van der Waals surface area contributed by atoms with Gasteiger partial charge in [0, 0.05) is 59.2 Å². The number of pyridine rings is 2. The summed E-state index contributed by atoms with van der Waals surface area (Å²) in [6.45, 7) is 0. The van der Waals surface area contributed by atoms with Gasteiger partial charge in [0.25, 0.3) is 0 Å². The highest BCUT2D eigenvalue weighted by molar-refractivity contribution is 7.26. The van der Waals surface area contributed by atoms with Gasteiger partial charge >= 0.3 is 0 Å². The van der Waals surface area contributed by atoms with Crippen LogP contribution in [0.1, 0.15) is 0 Å². The molecule has 0 aliphatic heterocycles. The third kappa shape index (κ3) is 4.36. The number of fused-ring (bicyclic) bond motifs is 7. The zero-order valence-corrected chi connectivity index (χ0v) is 24.9. The molecule has 0 saturated carbocycles. The Morgan fingerprint density at radius 1 is 0.444 bits per heavy atom. The van der Waals surface area contributed by atoms with E-state index in [1.165, 1.54) is 30.9 Å². The van der Waals surface area contributed by atoms with Gasteiger partial charge in [0.2, 0.25) is 0 Å². The molecule has 210 valence electrons. The van der Waals surface area contributed by atoms with Crippen LogP contribution in [-0.4, -0.2) is 19.9 Å². The topological polar surface area (TPSA) is 51.6 Å². The largest absolute Gasteiger partial charge is 0.255 e. The van der Waals surface area contributed by atoms with Gasteiger partial charge in [-0.1, -0.05) is 103 Å². The fraction of sp³-hybridized carbons (Fsp3) is 0. The zero-order chi connectivity index (χ0) is 29.7. The number of benzene rings is 5. The Hall–Kier alpha value is -5.78. The zero-order valence-electron chi connectivity index (χ0n) is 24.1. The van der Waals surface area contributed by atoms with Crippen LogP contribution in [0.25, 0.3) is 87.1 Å². The molecule has 4 aromatic heterocycles. The Labute approximate surface area is 263 Å². The highest BCUT2D eigenvalue weighted by atomic mass is 32.1. The molecule has 9 aromatic rings. The van der Waals surface area contributed by atoms with E-state index in [9.17, 15) is 0 Å². The van der Waals surface area contributed by atoms with Crippen LogP contribution in [0.2, 0.25) is 0 Å². The molecule has 0 amide bonds. The van der Waals surface area contributed by atoms with Gasteiger partial charge in [-0.25, -0.2) is 15.0 Å². The molecule has 0 bridgehead atoms. The van der Waals surface area contributed by atoms with E-state index in [2.05, 4.69) is 89.9 Å². The van der Waals surface area contributed by atoms with Gasteiger partial charge in [-0.2, -0.15) is 0 Å². The average molecular weight is 593 g/mol. The van der Waals surface area contributed by atoms with Crippen LogP contribution < -0.4 is 0 Å². The van der Waals surface area contributed by atoms with E-state index in [-0.39, 0.29) is 0 Å². The first kappa shape index (κ1) is 25.7.